The van der Waals surface area contributed by atoms with Crippen molar-refractivity contribution >= 4 is 12.3 Å². The molecule has 0 saturated heterocycles. The van der Waals surface area contributed by atoms with Gasteiger partial charge >= 0.3 is 5.97 Å². The van der Waals surface area contributed by atoms with Crippen molar-refractivity contribution in [3.63, 3.8) is 0 Å². The lowest BCUT2D eigenvalue weighted by Gasteiger charge is -2.51. The molecule has 106 valence electrons. The van der Waals surface area contributed by atoms with E-state index >= 15 is 0 Å². The Bertz CT molecular complexity index is 446. The Labute approximate surface area is 113 Å². The summed E-state index contributed by atoms with van der Waals surface area (Å²) in [6.07, 6.45) is 4.24. The lowest BCUT2D eigenvalue weighted by Crippen LogP contribution is -2.56. The standard InChI is InChI=1S/C15H22O4/c1-10-7-12(17)19-15(10)8-11(13(2,3)18)5-6-14(15,4)9-16/h7,9,11,18H,5-6,8H2,1-4H3/t11-,14+,15+/m1/s1. The molecule has 0 aromatic heterocycles. The van der Waals surface area contributed by atoms with E-state index in [1.54, 1.807) is 13.8 Å². The zero-order chi connectivity index (χ0) is 14.5. The fourth-order valence-electron chi connectivity index (χ4n) is 3.46. The van der Waals surface area contributed by atoms with Crippen molar-refractivity contribution in [2.75, 3.05) is 0 Å². The molecular formula is C15H22O4. The van der Waals surface area contributed by atoms with E-state index in [9.17, 15) is 14.7 Å². The van der Waals surface area contributed by atoms with E-state index in [0.29, 0.717) is 12.8 Å². The summed E-state index contributed by atoms with van der Waals surface area (Å²) in [5.74, 6) is -0.378. The largest absolute Gasteiger partial charge is 0.450 e. The number of aliphatic hydroxyl groups is 1. The molecule has 3 atom stereocenters. The van der Waals surface area contributed by atoms with Crippen LogP contribution in [0.3, 0.4) is 0 Å². The summed E-state index contributed by atoms with van der Waals surface area (Å²) in [6.45, 7) is 7.21. The summed E-state index contributed by atoms with van der Waals surface area (Å²) in [5.41, 5.74) is -1.64. The van der Waals surface area contributed by atoms with E-state index < -0.39 is 16.6 Å². The second-order valence-corrected chi connectivity index (χ2v) is 6.70. The molecule has 1 heterocycles. The predicted octanol–water partition coefficient (Wildman–Crippen LogP) is 2.00. The van der Waals surface area contributed by atoms with Gasteiger partial charge in [0, 0.05) is 6.08 Å². The smallest absolute Gasteiger partial charge is 0.331 e. The number of aldehydes is 1. The summed E-state index contributed by atoms with van der Waals surface area (Å²) in [7, 11) is 0. The molecule has 1 N–H and O–H groups in total. The fourth-order valence-corrected chi connectivity index (χ4v) is 3.46. The zero-order valence-electron chi connectivity index (χ0n) is 12.0. The Morgan fingerprint density at radius 2 is 2.16 bits per heavy atom. The molecule has 4 heteroatoms. The molecule has 0 aromatic carbocycles. The zero-order valence-corrected chi connectivity index (χ0v) is 12.0. The lowest BCUT2D eigenvalue weighted by atomic mass is 9.57. The summed E-state index contributed by atoms with van der Waals surface area (Å²) in [5, 5.41) is 10.2. The Hall–Kier alpha value is -1.16. The second kappa shape index (κ2) is 4.17. The van der Waals surface area contributed by atoms with Crippen LogP contribution in [0.1, 0.15) is 47.0 Å². The number of esters is 1. The topological polar surface area (TPSA) is 63.6 Å². The third-order valence-corrected chi connectivity index (χ3v) is 4.97. The molecule has 1 spiro atoms. The fraction of sp³-hybridized carbons (Fsp3) is 0.733. The van der Waals surface area contributed by atoms with Crippen molar-refractivity contribution in [2.45, 2.75) is 58.2 Å². The molecule has 0 aromatic rings. The van der Waals surface area contributed by atoms with Crippen LogP contribution in [0.25, 0.3) is 0 Å². The van der Waals surface area contributed by atoms with Crippen LogP contribution in [0.5, 0.6) is 0 Å². The molecule has 19 heavy (non-hydrogen) atoms. The van der Waals surface area contributed by atoms with Gasteiger partial charge in [0.25, 0.3) is 0 Å². The van der Waals surface area contributed by atoms with Crippen molar-refractivity contribution in [2.24, 2.45) is 11.3 Å². The molecule has 0 unspecified atom stereocenters. The van der Waals surface area contributed by atoms with Crippen molar-refractivity contribution in [3.05, 3.63) is 11.6 Å². The minimum absolute atomic E-state index is 0.00905. The molecule has 1 saturated carbocycles. The normalized spacial score (nSPS) is 39.1. The van der Waals surface area contributed by atoms with Gasteiger partial charge in [0.2, 0.25) is 0 Å². The average Bonchev–Trinajstić information content (AvgIpc) is 2.57. The van der Waals surface area contributed by atoms with Crippen molar-refractivity contribution in [1.29, 1.82) is 0 Å². The SMILES string of the molecule is CC1=CC(=O)O[C@@]12C[C@H](C(C)(C)O)CC[C@@]2(C)C=O. The highest BCUT2D eigenvalue weighted by molar-refractivity contribution is 5.88. The van der Waals surface area contributed by atoms with Gasteiger partial charge in [-0.2, -0.15) is 0 Å². The number of carbonyl (C=O) groups excluding carboxylic acids is 2. The Morgan fingerprint density at radius 3 is 2.58 bits per heavy atom. The van der Waals surface area contributed by atoms with Gasteiger partial charge in [-0.15, -0.1) is 0 Å². The van der Waals surface area contributed by atoms with Gasteiger partial charge < -0.3 is 14.6 Å². The van der Waals surface area contributed by atoms with Crippen LogP contribution in [0.15, 0.2) is 11.6 Å². The van der Waals surface area contributed by atoms with Crippen molar-refractivity contribution in [1.82, 2.24) is 0 Å². The monoisotopic (exact) mass is 266 g/mol. The van der Waals surface area contributed by atoms with E-state index in [0.717, 1.165) is 18.3 Å². The summed E-state index contributed by atoms with van der Waals surface area (Å²) in [6, 6.07) is 0. The van der Waals surface area contributed by atoms with E-state index in [1.807, 2.05) is 13.8 Å². The summed E-state index contributed by atoms with van der Waals surface area (Å²) < 4.78 is 5.56. The van der Waals surface area contributed by atoms with Gasteiger partial charge in [0.1, 0.15) is 11.9 Å². The second-order valence-electron chi connectivity index (χ2n) is 6.70. The molecule has 0 radical (unpaired) electrons. The highest BCUT2D eigenvalue weighted by Gasteiger charge is 2.59. The van der Waals surface area contributed by atoms with E-state index in [4.69, 9.17) is 4.74 Å². The van der Waals surface area contributed by atoms with E-state index in [1.165, 1.54) is 6.08 Å². The number of carbonyl (C=O) groups is 2. The molecule has 1 aliphatic heterocycles. The molecule has 0 amide bonds. The molecular weight excluding hydrogens is 244 g/mol. The summed E-state index contributed by atoms with van der Waals surface area (Å²) in [4.78, 5) is 23.2. The van der Waals surface area contributed by atoms with Gasteiger partial charge in [0.05, 0.1) is 11.0 Å². The first-order valence-corrected chi connectivity index (χ1v) is 6.75. The van der Waals surface area contributed by atoms with E-state index in [-0.39, 0.29) is 11.9 Å². The van der Waals surface area contributed by atoms with Crippen LogP contribution in [-0.4, -0.2) is 28.6 Å². The molecule has 2 rings (SSSR count). The van der Waals surface area contributed by atoms with Gasteiger partial charge in [0.15, 0.2) is 0 Å². The minimum atomic E-state index is -0.880. The lowest BCUT2D eigenvalue weighted by molar-refractivity contribution is -0.174. The van der Waals surface area contributed by atoms with Gasteiger partial charge in [-0.1, -0.05) is 0 Å². The van der Waals surface area contributed by atoms with Crippen molar-refractivity contribution < 1.29 is 19.4 Å². The van der Waals surface area contributed by atoms with Crippen LogP contribution in [0.2, 0.25) is 0 Å². The number of hydrogen-bond acceptors (Lipinski definition) is 4. The van der Waals surface area contributed by atoms with Crippen molar-refractivity contribution in [3.8, 4) is 0 Å². The summed E-state index contributed by atoms with van der Waals surface area (Å²) >= 11 is 0. The van der Waals surface area contributed by atoms with Crippen LogP contribution >= 0.6 is 0 Å². The third kappa shape index (κ3) is 2.02. The van der Waals surface area contributed by atoms with E-state index in [2.05, 4.69) is 0 Å². The number of rotatable bonds is 2. The molecule has 1 aliphatic carbocycles. The maximum atomic E-state index is 11.6. The quantitative estimate of drug-likeness (QED) is 0.613. The Balaban J connectivity index is 2.43. The van der Waals surface area contributed by atoms with Gasteiger partial charge in [-0.3, -0.25) is 0 Å². The minimum Gasteiger partial charge on any atom is -0.450 e. The Kier molecular flexibility index (Phi) is 3.13. The van der Waals surface area contributed by atoms with Gasteiger partial charge in [-0.25, -0.2) is 4.79 Å². The first-order chi connectivity index (χ1) is 8.64. The van der Waals surface area contributed by atoms with Gasteiger partial charge in [-0.05, 0) is 58.4 Å². The van der Waals surface area contributed by atoms with Crippen LogP contribution in [0, 0.1) is 11.3 Å². The number of ether oxygens (including phenoxy) is 1. The highest BCUT2D eigenvalue weighted by Crippen LogP contribution is 2.54. The maximum absolute atomic E-state index is 11.6. The number of hydrogen-bond donors (Lipinski definition) is 1. The first-order valence-electron chi connectivity index (χ1n) is 6.75. The first kappa shape index (κ1) is 14.3. The van der Waals surface area contributed by atoms with Crippen LogP contribution in [-0.2, 0) is 14.3 Å². The Morgan fingerprint density at radius 1 is 1.53 bits per heavy atom. The molecule has 0 bridgehead atoms. The highest BCUT2D eigenvalue weighted by atomic mass is 16.6. The third-order valence-electron chi connectivity index (χ3n) is 4.97. The molecule has 2 aliphatic rings. The van der Waals surface area contributed by atoms with Crippen LogP contribution < -0.4 is 0 Å². The molecule has 1 fully saturated rings. The molecule has 4 nitrogen and oxygen atoms in total. The average molecular weight is 266 g/mol. The maximum Gasteiger partial charge on any atom is 0.331 e. The van der Waals surface area contributed by atoms with Crippen LogP contribution in [0.4, 0.5) is 0 Å². The predicted molar refractivity (Wildman–Crippen MR) is 70.4 cm³/mol.